The number of carbonyl (C=O) groups excluding carboxylic acids is 1. The third-order valence-corrected chi connectivity index (χ3v) is 6.94. The molecule has 0 spiro atoms. The maximum absolute atomic E-state index is 14.0. The summed E-state index contributed by atoms with van der Waals surface area (Å²) in [6, 6.07) is 10.7. The van der Waals surface area contributed by atoms with Crippen LogP contribution in [0, 0.1) is 5.82 Å². The van der Waals surface area contributed by atoms with E-state index in [1.54, 1.807) is 23.1 Å². The first-order valence-electron chi connectivity index (χ1n) is 9.58. The number of benzene rings is 2. The van der Waals surface area contributed by atoms with Gasteiger partial charge in [-0.3, -0.25) is 4.79 Å². The number of methoxy groups -OCH3 is 1. The van der Waals surface area contributed by atoms with Crippen molar-refractivity contribution < 1.29 is 22.3 Å². The van der Waals surface area contributed by atoms with Gasteiger partial charge < -0.3 is 9.64 Å². The standard InChI is InChI=1S/C21H25FN2O4S/c1-3-23(15-16-9-10-20(28-2)19(22)13-16)21(25)17-7-6-8-18(14-17)29(26,27)24-11-4-5-12-24/h6-10,13-14H,3-5,11-12,15H2,1-2H3. The van der Waals surface area contributed by atoms with Crippen molar-refractivity contribution in [2.24, 2.45) is 0 Å². The quantitative estimate of drug-likeness (QED) is 0.690. The lowest BCUT2D eigenvalue weighted by Crippen LogP contribution is -2.31. The average Bonchev–Trinajstić information content (AvgIpc) is 3.27. The molecule has 0 aromatic heterocycles. The van der Waals surface area contributed by atoms with Crippen LogP contribution in [0.5, 0.6) is 5.75 Å². The van der Waals surface area contributed by atoms with Gasteiger partial charge in [0.05, 0.1) is 12.0 Å². The highest BCUT2D eigenvalue weighted by Crippen LogP contribution is 2.23. The Morgan fingerprint density at radius 3 is 2.52 bits per heavy atom. The highest BCUT2D eigenvalue weighted by atomic mass is 32.2. The summed E-state index contributed by atoms with van der Waals surface area (Å²) in [6.07, 6.45) is 1.69. The highest BCUT2D eigenvalue weighted by Gasteiger charge is 2.28. The minimum Gasteiger partial charge on any atom is -0.494 e. The second-order valence-corrected chi connectivity index (χ2v) is 8.87. The lowest BCUT2D eigenvalue weighted by molar-refractivity contribution is 0.0752. The zero-order valence-electron chi connectivity index (χ0n) is 16.6. The van der Waals surface area contributed by atoms with Gasteiger partial charge in [0.2, 0.25) is 10.0 Å². The normalized spacial score (nSPS) is 14.7. The first-order chi connectivity index (χ1) is 13.9. The first-order valence-corrected chi connectivity index (χ1v) is 11.0. The van der Waals surface area contributed by atoms with Crippen LogP contribution in [0.25, 0.3) is 0 Å². The predicted molar refractivity (Wildman–Crippen MR) is 108 cm³/mol. The average molecular weight is 421 g/mol. The van der Waals surface area contributed by atoms with Gasteiger partial charge in [-0.05, 0) is 55.7 Å². The fraction of sp³-hybridized carbons (Fsp3) is 0.381. The molecule has 1 amide bonds. The third kappa shape index (κ3) is 4.59. The molecule has 1 aliphatic rings. The molecule has 2 aromatic rings. The number of hydrogen-bond donors (Lipinski definition) is 0. The zero-order chi connectivity index (χ0) is 21.0. The Hall–Kier alpha value is -2.45. The van der Waals surface area contributed by atoms with Crippen LogP contribution in [0.3, 0.4) is 0 Å². The van der Waals surface area contributed by atoms with E-state index < -0.39 is 15.8 Å². The van der Waals surface area contributed by atoms with Crippen molar-refractivity contribution >= 4 is 15.9 Å². The molecule has 0 saturated carbocycles. The number of nitrogens with zero attached hydrogens (tertiary/aromatic N) is 2. The Kier molecular flexibility index (Phi) is 6.54. The molecule has 0 aliphatic carbocycles. The van der Waals surface area contributed by atoms with E-state index in [0.29, 0.717) is 30.8 Å². The lowest BCUT2D eigenvalue weighted by atomic mass is 10.1. The topological polar surface area (TPSA) is 66.9 Å². The molecule has 1 saturated heterocycles. The van der Waals surface area contributed by atoms with Gasteiger partial charge >= 0.3 is 0 Å². The number of sulfonamides is 1. The Balaban J connectivity index is 1.82. The van der Waals surface area contributed by atoms with Crippen molar-refractivity contribution in [2.45, 2.75) is 31.2 Å². The van der Waals surface area contributed by atoms with Crippen LogP contribution in [-0.4, -0.2) is 50.3 Å². The summed E-state index contributed by atoms with van der Waals surface area (Å²) in [7, 11) is -2.21. The van der Waals surface area contributed by atoms with Crippen molar-refractivity contribution in [3.05, 3.63) is 59.4 Å². The van der Waals surface area contributed by atoms with Crippen LogP contribution in [0.15, 0.2) is 47.4 Å². The van der Waals surface area contributed by atoms with Gasteiger partial charge in [0.25, 0.3) is 5.91 Å². The minimum atomic E-state index is -3.60. The van der Waals surface area contributed by atoms with Crippen LogP contribution in [0.1, 0.15) is 35.7 Å². The van der Waals surface area contributed by atoms with E-state index >= 15 is 0 Å². The molecule has 0 atom stereocenters. The summed E-state index contributed by atoms with van der Waals surface area (Å²) < 4.78 is 45.9. The summed E-state index contributed by atoms with van der Waals surface area (Å²) >= 11 is 0. The number of amides is 1. The van der Waals surface area contributed by atoms with Crippen molar-refractivity contribution in [2.75, 3.05) is 26.7 Å². The van der Waals surface area contributed by atoms with Gasteiger partial charge in [-0.1, -0.05) is 12.1 Å². The molecule has 0 radical (unpaired) electrons. The smallest absolute Gasteiger partial charge is 0.254 e. The second kappa shape index (κ2) is 8.92. The van der Waals surface area contributed by atoms with Gasteiger partial charge in [0, 0.05) is 31.7 Å². The van der Waals surface area contributed by atoms with Crippen molar-refractivity contribution in [1.29, 1.82) is 0 Å². The third-order valence-electron chi connectivity index (χ3n) is 5.04. The fourth-order valence-corrected chi connectivity index (χ4v) is 4.97. The van der Waals surface area contributed by atoms with E-state index in [-0.39, 0.29) is 23.1 Å². The van der Waals surface area contributed by atoms with Gasteiger partial charge in [0.1, 0.15) is 0 Å². The van der Waals surface area contributed by atoms with Crippen molar-refractivity contribution in [1.82, 2.24) is 9.21 Å². The summed E-state index contributed by atoms with van der Waals surface area (Å²) in [5, 5.41) is 0. The SMILES string of the molecule is CCN(Cc1ccc(OC)c(F)c1)C(=O)c1cccc(S(=O)(=O)N2CCCC2)c1. The Bertz CT molecular complexity index is 988. The summed E-state index contributed by atoms with van der Waals surface area (Å²) in [5.74, 6) is -0.655. The van der Waals surface area contributed by atoms with E-state index in [4.69, 9.17) is 4.74 Å². The molecule has 2 aromatic carbocycles. The number of hydrogen-bond acceptors (Lipinski definition) is 4. The Morgan fingerprint density at radius 1 is 1.17 bits per heavy atom. The van der Waals surface area contributed by atoms with Crippen LogP contribution in [-0.2, 0) is 16.6 Å². The van der Waals surface area contributed by atoms with E-state index in [1.807, 2.05) is 6.92 Å². The first kappa shape index (κ1) is 21.3. The monoisotopic (exact) mass is 420 g/mol. The van der Waals surface area contributed by atoms with Crippen molar-refractivity contribution in [3.8, 4) is 5.75 Å². The van der Waals surface area contributed by atoms with Crippen LogP contribution < -0.4 is 4.74 Å². The molecule has 29 heavy (non-hydrogen) atoms. The highest BCUT2D eigenvalue weighted by molar-refractivity contribution is 7.89. The number of rotatable bonds is 7. The number of halogens is 1. The van der Waals surface area contributed by atoms with Crippen molar-refractivity contribution in [3.63, 3.8) is 0 Å². The Morgan fingerprint density at radius 2 is 1.90 bits per heavy atom. The van der Waals surface area contributed by atoms with E-state index in [1.165, 1.54) is 35.7 Å². The summed E-state index contributed by atoms with van der Waals surface area (Å²) in [4.78, 5) is 14.7. The Labute approximate surface area is 170 Å². The van der Waals surface area contributed by atoms with E-state index in [0.717, 1.165) is 12.8 Å². The molecule has 3 rings (SSSR count). The molecule has 1 aliphatic heterocycles. The fourth-order valence-electron chi connectivity index (χ4n) is 3.41. The number of carbonyl (C=O) groups is 1. The molecular formula is C21H25FN2O4S. The minimum absolute atomic E-state index is 0.122. The van der Waals surface area contributed by atoms with Crippen LogP contribution >= 0.6 is 0 Å². The molecule has 1 fully saturated rings. The predicted octanol–water partition coefficient (Wildman–Crippen LogP) is 3.28. The van der Waals surface area contributed by atoms with E-state index in [2.05, 4.69) is 0 Å². The molecule has 156 valence electrons. The molecule has 0 unspecified atom stereocenters. The maximum Gasteiger partial charge on any atom is 0.254 e. The van der Waals surface area contributed by atoms with Crippen LogP contribution in [0.2, 0.25) is 0 Å². The van der Waals surface area contributed by atoms with E-state index in [9.17, 15) is 17.6 Å². The van der Waals surface area contributed by atoms with Gasteiger partial charge in [-0.25, -0.2) is 12.8 Å². The maximum atomic E-state index is 14.0. The van der Waals surface area contributed by atoms with Gasteiger partial charge in [-0.2, -0.15) is 4.31 Å². The van der Waals surface area contributed by atoms with Gasteiger partial charge in [-0.15, -0.1) is 0 Å². The van der Waals surface area contributed by atoms with Crippen LogP contribution in [0.4, 0.5) is 4.39 Å². The summed E-state index contributed by atoms with van der Waals surface area (Å²) in [5.41, 5.74) is 0.917. The second-order valence-electron chi connectivity index (χ2n) is 6.93. The molecule has 0 N–H and O–H groups in total. The molecular weight excluding hydrogens is 395 g/mol. The molecule has 0 bridgehead atoms. The molecule has 8 heteroatoms. The largest absolute Gasteiger partial charge is 0.494 e. The molecule has 1 heterocycles. The number of ether oxygens (including phenoxy) is 1. The molecule has 6 nitrogen and oxygen atoms in total. The summed E-state index contributed by atoms with van der Waals surface area (Å²) in [6.45, 7) is 3.44. The van der Waals surface area contributed by atoms with Gasteiger partial charge in [0.15, 0.2) is 11.6 Å². The zero-order valence-corrected chi connectivity index (χ0v) is 17.4. The lowest BCUT2D eigenvalue weighted by Gasteiger charge is -2.22.